The van der Waals surface area contributed by atoms with Gasteiger partial charge in [-0.3, -0.25) is 4.99 Å². The van der Waals surface area contributed by atoms with Crippen LogP contribution < -0.4 is 5.32 Å². The third-order valence-electron chi connectivity index (χ3n) is 2.21. The summed E-state index contributed by atoms with van der Waals surface area (Å²) in [6.45, 7) is 0.485. The summed E-state index contributed by atoms with van der Waals surface area (Å²) in [7, 11) is 0. The standard InChI is InChI=1S/C11H9F3N2/c12-11(13,14)9-3-1-2-8(6-9)10-4-5-15-7-16-10/h1-4,6-7H,5H2,(H,15,16). The van der Waals surface area contributed by atoms with E-state index < -0.39 is 11.7 Å². The molecule has 1 aromatic carbocycles. The number of hydrogen-bond acceptors (Lipinski definition) is 2. The van der Waals surface area contributed by atoms with Crippen LogP contribution >= 0.6 is 0 Å². The van der Waals surface area contributed by atoms with Gasteiger partial charge in [-0.15, -0.1) is 0 Å². The van der Waals surface area contributed by atoms with E-state index in [1.54, 1.807) is 12.1 Å². The summed E-state index contributed by atoms with van der Waals surface area (Å²) in [6.07, 6.45) is -1.08. The van der Waals surface area contributed by atoms with E-state index in [1.807, 2.05) is 0 Å². The van der Waals surface area contributed by atoms with Crippen molar-refractivity contribution < 1.29 is 13.2 Å². The Balaban J connectivity index is 2.32. The number of benzene rings is 1. The molecule has 0 saturated heterocycles. The highest BCUT2D eigenvalue weighted by Crippen LogP contribution is 2.30. The van der Waals surface area contributed by atoms with Crippen molar-refractivity contribution in [2.45, 2.75) is 6.18 Å². The van der Waals surface area contributed by atoms with Crippen LogP contribution in [-0.4, -0.2) is 12.9 Å². The molecule has 0 unspecified atom stereocenters. The van der Waals surface area contributed by atoms with Crippen molar-refractivity contribution in [1.29, 1.82) is 0 Å². The molecule has 1 N–H and O–H groups in total. The summed E-state index contributed by atoms with van der Waals surface area (Å²) in [6, 6.07) is 5.21. The molecule has 5 heteroatoms. The van der Waals surface area contributed by atoms with Gasteiger partial charge in [0.05, 0.1) is 18.4 Å². The van der Waals surface area contributed by atoms with Crippen LogP contribution in [0, 0.1) is 0 Å². The fraction of sp³-hybridized carbons (Fsp3) is 0.182. The van der Waals surface area contributed by atoms with Gasteiger partial charge in [0.15, 0.2) is 0 Å². The Hall–Kier alpha value is -1.78. The number of halogens is 3. The zero-order valence-corrected chi connectivity index (χ0v) is 8.25. The molecule has 0 aliphatic carbocycles. The van der Waals surface area contributed by atoms with Crippen LogP contribution in [0.4, 0.5) is 13.2 Å². The van der Waals surface area contributed by atoms with Crippen LogP contribution in [0.2, 0.25) is 0 Å². The number of nitrogens with zero attached hydrogens (tertiary/aromatic N) is 1. The first-order valence-electron chi connectivity index (χ1n) is 4.70. The first-order valence-corrected chi connectivity index (χ1v) is 4.70. The maximum atomic E-state index is 12.5. The van der Waals surface area contributed by atoms with Crippen molar-refractivity contribution in [2.75, 3.05) is 6.54 Å². The van der Waals surface area contributed by atoms with E-state index in [2.05, 4.69) is 10.3 Å². The van der Waals surface area contributed by atoms with Crippen LogP contribution in [0.5, 0.6) is 0 Å². The van der Waals surface area contributed by atoms with Crippen molar-refractivity contribution in [3.05, 3.63) is 41.5 Å². The molecule has 0 bridgehead atoms. The van der Waals surface area contributed by atoms with Crippen molar-refractivity contribution >= 4 is 12.0 Å². The molecule has 0 aromatic heterocycles. The maximum absolute atomic E-state index is 12.5. The molecule has 1 aliphatic rings. The van der Waals surface area contributed by atoms with Gasteiger partial charge in [-0.05, 0) is 23.8 Å². The molecule has 2 nitrogen and oxygen atoms in total. The van der Waals surface area contributed by atoms with E-state index in [-0.39, 0.29) is 0 Å². The fourth-order valence-corrected chi connectivity index (χ4v) is 1.44. The average Bonchev–Trinajstić information content (AvgIpc) is 2.29. The normalized spacial score (nSPS) is 15.6. The van der Waals surface area contributed by atoms with Crippen LogP contribution in [0.1, 0.15) is 11.1 Å². The molecule has 1 aromatic rings. The Labute approximate surface area is 90.5 Å². The highest BCUT2D eigenvalue weighted by Gasteiger charge is 2.30. The second-order valence-electron chi connectivity index (χ2n) is 3.33. The summed E-state index contributed by atoms with van der Waals surface area (Å²) in [5, 5.41) is 2.82. The first-order chi connectivity index (χ1) is 7.57. The van der Waals surface area contributed by atoms with Gasteiger partial charge in [0.25, 0.3) is 0 Å². The molecule has 16 heavy (non-hydrogen) atoms. The Bertz CT molecular complexity index is 447. The summed E-state index contributed by atoms with van der Waals surface area (Å²) in [5.41, 5.74) is 0.525. The number of alkyl halides is 3. The monoisotopic (exact) mass is 226 g/mol. The predicted molar refractivity (Wildman–Crippen MR) is 55.9 cm³/mol. The number of rotatable bonds is 1. The van der Waals surface area contributed by atoms with Gasteiger partial charge in [0.2, 0.25) is 0 Å². The Morgan fingerprint density at radius 1 is 1.25 bits per heavy atom. The van der Waals surface area contributed by atoms with E-state index in [0.29, 0.717) is 17.8 Å². The van der Waals surface area contributed by atoms with Gasteiger partial charge in [0.1, 0.15) is 0 Å². The van der Waals surface area contributed by atoms with Crippen LogP contribution in [0.25, 0.3) is 5.70 Å². The quantitative estimate of drug-likeness (QED) is 0.782. The maximum Gasteiger partial charge on any atom is 0.416 e. The van der Waals surface area contributed by atoms with Gasteiger partial charge in [-0.2, -0.15) is 13.2 Å². The number of aliphatic imine (C=N–C) groups is 1. The second-order valence-corrected chi connectivity index (χ2v) is 3.33. The van der Waals surface area contributed by atoms with Crippen molar-refractivity contribution in [3.63, 3.8) is 0 Å². The van der Waals surface area contributed by atoms with E-state index in [0.717, 1.165) is 12.1 Å². The minimum absolute atomic E-state index is 0.485. The molecule has 0 amide bonds. The highest BCUT2D eigenvalue weighted by molar-refractivity contribution is 5.78. The lowest BCUT2D eigenvalue weighted by molar-refractivity contribution is -0.137. The molecule has 1 aliphatic heterocycles. The minimum Gasteiger partial charge on any atom is -0.346 e. The van der Waals surface area contributed by atoms with Gasteiger partial charge >= 0.3 is 6.18 Å². The number of nitrogens with one attached hydrogen (secondary N) is 1. The predicted octanol–water partition coefficient (Wildman–Crippen LogP) is 2.68. The van der Waals surface area contributed by atoms with Gasteiger partial charge in [0, 0.05) is 5.70 Å². The van der Waals surface area contributed by atoms with Crippen LogP contribution in [0.15, 0.2) is 35.3 Å². The fourth-order valence-electron chi connectivity index (χ4n) is 1.44. The molecule has 0 saturated carbocycles. The lowest BCUT2D eigenvalue weighted by Crippen LogP contribution is -2.14. The van der Waals surface area contributed by atoms with Crippen LogP contribution in [0.3, 0.4) is 0 Å². The molecule has 0 radical (unpaired) electrons. The molecule has 0 spiro atoms. The molecule has 1 heterocycles. The van der Waals surface area contributed by atoms with Gasteiger partial charge < -0.3 is 5.32 Å². The Morgan fingerprint density at radius 3 is 2.69 bits per heavy atom. The zero-order chi connectivity index (χ0) is 11.6. The topological polar surface area (TPSA) is 24.4 Å². The largest absolute Gasteiger partial charge is 0.416 e. The van der Waals surface area contributed by atoms with Crippen molar-refractivity contribution in [3.8, 4) is 0 Å². The number of hydrogen-bond donors (Lipinski definition) is 1. The molecule has 0 atom stereocenters. The summed E-state index contributed by atoms with van der Waals surface area (Å²) >= 11 is 0. The minimum atomic E-state index is -4.31. The molecular weight excluding hydrogens is 217 g/mol. The smallest absolute Gasteiger partial charge is 0.346 e. The molecular formula is C11H9F3N2. The third kappa shape index (κ3) is 2.24. The lowest BCUT2D eigenvalue weighted by Gasteiger charge is -2.13. The Kier molecular flexibility index (Phi) is 2.68. The van der Waals surface area contributed by atoms with E-state index >= 15 is 0 Å². The average molecular weight is 226 g/mol. The van der Waals surface area contributed by atoms with Gasteiger partial charge in [-0.1, -0.05) is 12.1 Å². The molecule has 0 fully saturated rings. The van der Waals surface area contributed by atoms with Gasteiger partial charge in [-0.25, -0.2) is 0 Å². The van der Waals surface area contributed by atoms with Crippen LogP contribution in [-0.2, 0) is 6.18 Å². The highest BCUT2D eigenvalue weighted by atomic mass is 19.4. The summed E-state index contributed by atoms with van der Waals surface area (Å²) < 4.78 is 37.4. The summed E-state index contributed by atoms with van der Waals surface area (Å²) in [4.78, 5) is 3.89. The lowest BCUT2D eigenvalue weighted by atomic mass is 10.1. The van der Waals surface area contributed by atoms with Crippen molar-refractivity contribution in [1.82, 2.24) is 5.32 Å². The van der Waals surface area contributed by atoms with E-state index in [4.69, 9.17) is 0 Å². The Morgan fingerprint density at radius 2 is 2.06 bits per heavy atom. The van der Waals surface area contributed by atoms with Crippen molar-refractivity contribution in [2.24, 2.45) is 4.99 Å². The molecule has 84 valence electrons. The summed E-state index contributed by atoms with van der Waals surface area (Å²) in [5.74, 6) is 0. The SMILES string of the molecule is FC(F)(F)c1cccc(C2=CCN=CN2)c1. The van der Waals surface area contributed by atoms with E-state index in [9.17, 15) is 13.2 Å². The third-order valence-corrected chi connectivity index (χ3v) is 2.21. The first kappa shape index (κ1) is 10.7. The van der Waals surface area contributed by atoms with E-state index in [1.165, 1.54) is 12.4 Å². The molecule has 2 rings (SSSR count). The zero-order valence-electron chi connectivity index (χ0n) is 8.25. The second kappa shape index (κ2) is 4.00.